The van der Waals surface area contributed by atoms with Crippen LogP contribution in [0.25, 0.3) is 0 Å². The summed E-state index contributed by atoms with van der Waals surface area (Å²) in [6, 6.07) is 11.7. The van der Waals surface area contributed by atoms with Crippen molar-refractivity contribution in [1.29, 1.82) is 0 Å². The molecule has 2 aromatic rings. The van der Waals surface area contributed by atoms with Crippen molar-refractivity contribution in [3.8, 4) is 5.75 Å². The first-order chi connectivity index (χ1) is 13.1. The number of nitrogens with one attached hydrogen (secondary N) is 1. The van der Waals surface area contributed by atoms with Crippen molar-refractivity contribution in [2.24, 2.45) is 0 Å². The van der Waals surface area contributed by atoms with E-state index < -0.39 is 0 Å². The first kappa shape index (κ1) is 19.9. The Labute approximate surface area is 165 Å². The van der Waals surface area contributed by atoms with Crippen molar-refractivity contribution in [2.75, 3.05) is 39.8 Å². The lowest BCUT2D eigenvalue weighted by atomic mass is 10.0. The number of thiophene rings is 1. The topological polar surface area (TPSA) is 44.8 Å². The molecule has 1 N–H and O–H groups in total. The van der Waals surface area contributed by atoms with Crippen LogP contribution in [-0.4, -0.2) is 61.6 Å². The number of benzene rings is 1. The lowest BCUT2D eigenvalue weighted by molar-refractivity contribution is 0.0753. The van der Waals surface area contributed by atoms with Crippen molar-refractivity contribution >= 4 is 17.2 Å². The van der Waals surface area contributed by atoms with Gasteiger partial charge in [-0.05, 0) is 49.2 Å². The second kappa shape index (κ2) is 9.35. The number of methoxy groups -OCH3 is 1. The lowest BCUT2D eigenvalue weighted by Crippen LogP contribution is -2.52. The molecule has 2 heterocycles. The molecule has 1 aromatic carbocycles. The predicted octanol–water partition coefficient (Wildman–Crippen LogP) is 3.25. The molecule has 1 fully saturated rings. The van der Waals surface area contributed by atoms with Crippen molar-refractivity contribution < 1.29 is 9.53 Å². The third kappa shape index (κ3) is 4.89. The summed E-state index contributed by atoms with van der Waals surface area (Å²) in [5.41, 5.74) is 0.656. The first-order valence-corrected chi connectivity index (χ1v) is 10.4. The van der Waals surface area contributed by atoms with E-state index in [0.29, 0.717) is 5.56 Å². The zero-order chi connectivity index (χ0) is 19.2. The molecule has 6 heteroatoms. The summed E-state index contributed by atoms with van der Waals surface area (Å²) in [4.78, 5) is 19.0. The highest BCUT2D eigenvalue weighted by molar-refractivity contribution is 7.10. The van der Waals surface area contributed by atoms with E-state index in [1.165, 1.54) is 4.88 Å². The summed E-state index contributed by atoms with van der Waals surface area (Å²) in [7, 11) is 1.63. The standard InChI is InChI=1S/C21H29N3O2S/c1-4-23-11-13-24(14-12-23)20(19-6-5-15-27-19)16(2)22-21(25)17-7-9-18(26-3)10-8-17/h5-10,15-16,20H,4,11-14H2,1-3H3,(H,22,25)/t16-,20+/m1/s1. The van der Waals surface area contributed by atoms with E-state index in [2.05, 4.69) is 46.5 Å². The predicted molar refractivity (Wildman–Crippen MR) is 111 cm³/mol. The molecule has 1 aliphatic heterocycles. The molecular weight excluding hydrogens is 358 g/mol. The number of carbonyl (C=O) groups excluding carboxylic acids is 1. The molecule has 0 spiro atoms. The summed E-state index contributed by atoms with van der Waals surface area (Å²) in [5, 5.41) is 5.33. The molecule has 0 unspecified atom stereocenters. The normalized spacial score (nSPS) is 18.0. The zero-order valence-electron chi connectivity index (χ0n) is 16.4. The number of rotatable bonds is 7. The number of amides is 1. The van der Waals surface area contributed by atoms with Gasteiger partial charge in [-0.3, -0.25) is 9.69 Å². The molecule has 1 saturated heterocycles. The van der Waals surface area contributed by atoms with Gasteiger partial charge >= 0.3 is 0 Å². The Balaban J connectivity index is 1.71. The number of hydrogen-bond acceptors (Lipinski definition) is 5. The summed E-state index contributed by atoms with van der Waals surface area (Å²) in [5.74, 6) is 0.712. The van der Waals surface area contributed by atoms with Crippen LogP contribution in [0.1, 0.15) is 35.1 Å². The van der Waals surface area contributed by atoms with Gasteiger partial charge in [-0.2, -0.15) is 0 Å². The third-order valence-corrected chi connectivity index (χ3v) is 6.21. The van der Waals surface area contributed by atoms with Crippen LogP contribution in [0.2, 0.25) is 0 Å². The van der Waals surface area contributed by atoms with E-state index in [1.54, 1.807) is 30.6 Å². The van der Waals surface area contributed by atoms with E-state index in [9.17, 15) is 4.79 Å². The number of ether oxygens (including phenoxy) is 1. The number of piperazine rings is 1. The maximum Gasteiger partial charge on any atom is 0.251 e. The molecule has 1 aromatic heterocycles. The van der Waals surface area contributed by atoms with E-state index in [1.807, 2.05) is 12.1 Å². The third-order valence-electron chi connectivity index (χ3n) is 5.27. The number of hydrogen-bond donors (Lipinski definition) is 1. The van der Waals surface area contributed by atoms with Gasteiger partial charge in [-0.15, -0.1) is 11.3 Å². The Kier molecular flexibility index (Phi) is 6.88. The summed E-state index contributed by atoms with van der Waals surface area (Å²) in [6.07, 6.45) is 0. The van der Waals surface area contributed by atoms with Gasteiger partial charge < -0.3 is 15.0 Å². The van der Waals surface area contributed by atoms with Crippen molar-refractivity contribution in [2.45, 2.75) is 25.9 Å². The molecule has 3 rings (SSSR count). The highest BCUT2D eigenvalue weighted by atomic mass is 32.1. The average molecular weight is 388 g/mol. The molecule has 0 saturated carbocycles. The smallest absolute Gasteiger partial charge is 0.251 e. The molecule has 0 bridgehead atoms. The number of carbonyl (C=O) groups is 1. The molecule has 0 aliphatic carbocycles. The monoisotopic (exact) mass is 387 g/mol. The first-order valence-electron chi connectivity index (χ1n) is 9.57. The maximum absolute atomic E-state index is 12.7. The van der Waals surface area contributed by atoms with E-state index in [-0.39, 0.29) is 18.0 Å². The van der Waals surface area contributed by atoms with Crippen LogP contribution in [0, 0.1) is 0 Å². The summed E-state index contributed by atoms with van der Waals surface area (Å²) < 4.78 is 5.17. The second-order valence-corrected chi connectivity index (χ2v) is 7.90. The van der Waals surface area contributed by atoms with Crippen molar-refractivity contribution in [3.63, 3.8) is 0 Å². The van der Waals surface area contributed by atoms with Gasteiger partial charge in [0, 0.05) is 42.7 Å². The van der Waals surface area contributed by atoms with Crippen LogP contribution in [0.5, 0.6) is 5.75 Å². The highest BCUT2D eigenvalue weighted by Gasteiger charge is 2.30. The summed E-state index contributed by atoms with van der Waals surface area (Å²) >= 11 is 1.76. The molecular formula is C21H29N3O2S. The van der Waals surface area contributed by atoms with Gasteiger partial charge in [-0.25, -0.2) is 0 Å². The molecule has 1 amide bonds. The fraction of sp³-hybridized carbons (Fsp3) is 0.476. The van der Waals surface area contributed by atoms with E-state index >= 15 is 0 Å². The molecule has 2 atom stereocenters. The summed E-state index contributed by atoms with van der Waals surface area (Å²) in [6.45, 7) is 9.64. The molecule has 146 valence electrons. The Hall–Kier alpha value is -1.89. The van der Waals surface area contributed by atoms with Crippen LogP contribution < -0.4 is 10.1 Å². The van der Waals surface area contributed by atoms with Gasteiger partial charge in [0.1, 0.15) is 5.75 Å². The minimum Gasteiger partial charge on any atom is -0.497 e. The minimum atomic E-state index is -0.0427. The maximum atomic E-state index is 12.7. The Morgan fingerprint density at radius 3 is 2.44 bits per heavy atom. The Morgan fingerprint density at radius 1 is 1.19 bits per heavy atom. The number of nitrogens with zero attached hydrogens (tertiary/aromatic N) is 2. The zero-order valence-corrected chi connectivity index (χ0v) is 17.2. The van der Waals surface area contributed by atoms with Gasteiger partial charge in [-0.1, -0.05) is 13.0 Å². The van der Waals surface area contributed by atoms with Crippen LogP contribution in [0.15, 0.2) is 41.8 Å². The van der Waals surface area contributed by atoms with Crippen LogP contribution in [0.4, 0.5) is 0 Å². The lowest BCUT2D eigenvalue weighted by Gasteiger charge is -2.41. The van der Waals surface area contributed by atoms with Crippen LogP contribution in [0.3, 0.4) is 0 Å². The molecule has 0 radical (unpaired) electrons. The molecule has 5 nitrogen and oxygen atoms in total. The SMILES string of the molecule is CCN1CCN([C@H](c2cccs2)[C@@H](C)NC(=O)c2ccc(OC)cc2)CC1. The van der Waals surface area contributed by atoms with Crippen LogP contribution >= 0.6 is 11.3 Å². The van der Waals surface area contributed by atoms with Gasteiger partial charge in [0.05, 0.1) is 13.2 Å². The molecule has 27 heavy (non-hydrogen) atoms. The minimum absolute atomic E-state index is 0.0198. The highest BCUT2D eigenvalue weighted by Crippen LogP contribution is 2.29. The number of likely N-dealkylation sites (N-methyl/N-ethyl adjacent to an activating group) is 1. The van der Waals surface area contributed by atoms with E-state index in [0.717, 1.165) is 38.5 Å². The average Bonchev–Trinajstić information content (AvgIpc) is 3.23. The largest absolute Gasteiger partial charge is 0.497 e. The second-order valence-electron chi connectivity index (χ2n) is 6.92. The van der Waals surface area contributed by atoms with Gasteiger partial charge in [0.2, 0.25) is 0 Å². The van der Waals surface area contributed by atoms with Crippen LogP contribution in [-0.2, 0) is 0 Å². The fourth-order valence-electron chi connectivity index (χ4n) is 3.67. The fourth-order valence-corrected chi connectivity index (χ4v) is 4.64. The Bertz CT molecular complexity index is 710. The van der Waals surface area contributed by atoms with Crippen molar-refractivity contribution in [3.05, 3.63) is 52.2 Å². The van der Waals surface area contributed by atoms with Gasteiger partial charge in [0.25, 0.3) is 5.91 Å². The van der Waals surface area contributed by atoms with Crippen molar-refractivity contribution in [1.82, 2.24) is 15.1 Å². The Morgan fingerprint density at radius 2 is 1.89 bits per heavy atom. The molecule has 1 aliphatic rings. The van der Waals surface area contributed by atoms with E-state index in [4.69, 9.17) is 4.74 Å². The quantitative estimate of drug-likeness (QED) is 0.792. The van der Waals surface area contributed by atoms with Gasteiger partial charge in [0.15, 0.2) is 0 Å².